The zero-order chi connectivity index (χ0) is 25.4. The third kappa shape index (κ3) is 4.39. The van der Waals surface area contributed by atoms with Crippen molar-refractivity contribution in [3.8, 4) is 11.5 Å². The molecule has 8 nitrogen and oxygen atoms in total. The first-order chi connectivity index (χ1) is 17.2. The number of ether oxygens (including phenoxy) is 2. The highest BCUT2D eigenvalue weighted by Gasteiger charge is 2.48. The lowest BCUT2D eigenvalue weighted by Gasteiger charge is -2.29. The number of halogens is 3. The highest BCUT2D eigenvalue weighted by atomic mass is 19.4. The second-order valence-corrected chi connectivity index (χ2v) is 8.39. The van der Waals surface area contributed by atoms with Gasteiger partial charge in [-0.1, -0.05) is 24.3 Å². The Morgan fingerprint density at radius 2 is 1.89 bits per heavy atom. The number of carboxylic acids is 1. The fraction of sp³-hybridized carbons (Fsp3) is 0.240. The van der Waals surface area contributed by atoms with Crippen LogP contribution in [0.2, 0.25) is 0 Å². The van der Waals surface area contributed by atoms with Gasteiger partial charge in [-0.3, -0.25) is 14.5 Å². The maximum absolute atomic E-state index is 13.7. The molecule has 2 aromatic carbocycles. The molecule has 0 fully saturated rings. The molecule has 1 aromatic heterocycles. The Balaban J connectivity index is 1.52. The van der Waals surface area contributed by atoms with Crippen LogP contribution in [-0.4, -0.2) is 41.4 Å². The minimum atomic E-state index is -5.14. The lowest BCUT2D eigenvalue weighted by Crippen LogP contribution is -2.44. The zero-order valence-corrected chi connectivity index (χ0v) is 18.7. The topological polar surface area (TPSA) is 101 Å². The molecule has 5 rings (SSSR count). The summed E-state index contributed by atoms with van der Waals surface area (Å²) in [7, 11) is 0. The second kappa shape index (κ2) is 9.06. The van der Waals surface area contributed by atoms with Crippen LogP contribution in [0.3, 0.4) is 0 Å². The summed E-state index contributed by atoms with van der Waals surface area (Å²) >= 11 is 0. The Hall–Kier alpha value is -4.28. The lowest BCUT2D eigenvalue weighted by molar-refractivity contribution is -0.171. The van der Waals surface area contributed by atoms with Crippen LogP contribution in [0.5, 0.6) is 11.5 Å². The molecule has 36 heavy (non-hydrogen) atoms. The van der Waals surface area contributed by atoms with Crippen molar-refractivity contribution >= 4 is 29.1 Å². The number of nitrogens with one attached hydrogen (secondary N) is 1. The first-order valence-electron chi connectivity index (χ1n) is 11.0. The molecule has 3 heterocycles. The van der Waals surface area contributed by atoms with E-state index in [2.05, 4.69) is 10.3 Å². The predicted octanol–water partition coefficient (Wildman–Crippen LogP) is 4.80. The number of alkyl halides is 3. The fourth-order valence-electron chi connectivity index (χ4n) is 4.49. The second-order valence-electron chi connectivity index (χ2n) is 8.39. The van der Waals surface area contributed by atoms with E-state index in [9.17, 15) is 22.8 Å². The third-order valence-electron chi connectivity index (χ3n) is 6.07. The Morgan fingerprint density at radius 1 is 1.06 bits per heavy atom. The number of carbonyl (C=O) groups excluding carboxylic acids is 1. The Kier molecular flexibility index (Phi) is 5.91. The maximum Gasteiger partial charge on any atom is 0.471 e. The number of carbonyl (C=O) groups is 2. The van der Waals surface area contributed by atoms with Crippen molar-refractivity contribution in [2.45, 2.75) is 24.6 Å². The van der Waals surface area contributed by atoms with E-state index in [1.165, 1.54) is 18.2 Å². The molecule has 0 spiro atoms. The summed E-state index contributed by atoms with van der Waals surface area (Å²) < 4.78 is 52.5. The van der Waals surface area contributed by atoms with Gasteiger partial charge in [0.1, 0.15) is 23.9 Å². The first-order valence-corrected chi connectivity index (χ1v) is 11.0. The number of nitrogens with zero attached hydrogens (tertiary/aromatic N) is 2. The number of para-hydroxylation sites is 1. The summed E-state index contributed by atoms with van der Waals surface area (Å²) in [5.41, 5.74) is 1.45. The lowest BCUT2D eigenvalue weighted by atomic mass is 9.97. The minimum Gasteiger partial charge on any atom is -0.493 e. The molecule has 186 valence electrons. The summed E-state index contributed by atoms with van der Waals surface area (Å²) in [6, 6.07) is 13.4. The van der Waals surface area contributed by atoms with Crippen LogP contribution in [0.15, 0.2) is 60.8 Å². The van der Waals surface area contributed by atoms with E-state index >= 15 is 0 Å². The predicted molar refractivity (Wildman–Crippen MR) is 123 cm³/mol. The minimum absolute atomic E-state index is 0.0309. The summed E-state index contributed by atoms with van der Waals surface area (Å²) in [5, 5.41) is 12.2. The average molecular weight is 499 g/mol. The van der Waals surface area contributed by atoms with Crippen molar-refractivity contribution in [2.24, 2.45) is 0 Å². The van der Waals surface area contributed by atoms with Crippen molar-refractivity contribution in [3.63, 3.8) is 0 Å². The van der Waals surface area contributed by atoms with Crippen LogP contribution in [0.25, 0.3) is 0 Å². The summed E-state index contributed by atoms with van der Waals surface area (Å²) in [4.78, 5) is 28.6. The van der Waals surface area contributed by atoms with E-state index in [1.807, 2.05) is 0 Å². The third-order valence-corrected chi connectivity index (χ3v) is 6.07. The number of anilines is 3. The number of hydrogen-bond donors (Lipinski definition) is 2. The van der Waals surface area contributed by atoms with Crippen LogP contribution in [0.1, 0.15) is 29.5 Å². The van der Waals surface area contributed by atoms with Crippen molar-refractivity contribution in [1.29, 1.82) is 0 Å². The van der Waals surface area contributed by atoms with Gasteiger partial charge < -0.3 is 19.9 Å². The van der Waals surface area contributed by atoms with Crippen molar-refractivity contribution in [2.75, 3.05) is 23.4 Å². The largest absolute Gasteiger partial charge is 0.493 e. The molecule has 1 amide bonds. The van der Waals surface area contributed by atoms with Gasteiger partial charge in [-0.05, 0) is 24.3 Å². The molecule has 0 unspecified atom stereocenters. The standard InChI is InChI=1S/C25H20F3N3O5/c26-25(27,28)24(34)31(15-7-8-16-14(10-22(32)33)12-35-20(16)11-15)19-13-36-23-17(19)4-3-5-18(23)30-21-6-1-2-9-29-21/h1-9,11,14,19H,10,12-13H2,(H,29,30)(H,32,33)/t14-,19-/m1/s1. The van der Waals surface area contributed by atoms with Gasteiger partial charge >= 0.3 is 18.1 Å². The van der Waals surface area contributed by atoms with Gasteiger partial charge in [0, 0.05) is 35.0 Å². The van der Waals surface area contributed by atoms with E-state index in [4.69, 9.17) is 14.6 Å². The molecule has 0 radical (unpaired) electrons. The summed E-state index contributed by atoms with van der Waals surface area (Å²) in [6.07, 6.45) is -3.72. The fourth-order valence-corrected chi connectivity index (χ4v) is 4.49. The Morgan fingerprint density at radius 3 is 2.61 bits per heavy atom. The van der Waals surface area contributed by atoms with Gasteiger partial charge in [0.2, 0.25) is 0 Å². The first kappa shape index (κ1) is 23.5. The van der Waals surface area contributed by atoms with Crippen molar-refractivity contribution in [3.05, 3.63) is 71.9 Å². The molecule has 2 aliphatic heterocycles. The molecule has 0 bridgehead atoms. The molecular formula is C25H20F3N3O5. The van der Waals surface area contributed by atoms with Crippen LogP contribution in [-0.2, 0) is 9.59 Å². The molecular weight excluding hydrogens is 479 g/mol. The monoisotopic (exact) mass is 499 g/mol. The highest BCUT2D eigenvalue weighted by molar-refractivity contribution is 5.98. The van der Waals surface area contributed by atoms with E-state index < -0.39 is 30.0 Å². The number of benzene rings is 2. The molecule has 0 saturated heterocycles. The summed E-state index contributed by atoms with van der Waals surface area (Å²) in [6.45, 7) is -0.103. The van der Waals surface area contributed by atoms with Crippen molar-refractivity contribution < 1.29 is 37.3 Å². The smallest absolute Gasteiger partial charge is 0.471 e. The van der Waals surface area contributed by atoms with Crippen LogP contribution in [0.4, 0.5) is 30.4 Å². The molecule has 2 atom stereocenters. The molecule has 2 aliphatic rings. The number of fused-ring (bicyclic) bond motifs is 2. The number of hydrogen-bond acceptors (Lipinski definition) is 6. The van der Waals surface area contributed by atoms with Gasteiger partial charge in [0.15, 0.2) is 0 Å². The zero-order valence-electron chi connectivity index (χ0n) is 18.7. The molecule has 11 heteroatoms. The van der Waals surface area contributed by atoms with Gasteiger partial charge in [-0.15, -0.1) is 0 Å². The van der Waals surface area contributed by atoms with E-state index in [0.717, 1.165) is 0 Å². The van der Waals surface area contributed by atoms with E-state index in [-0.39, 0.29) is 31.1 Å². The maximum atomic E-state index is 13.7. The number of carboxylic acid groups (broad SMARTS) is 1. The summed E-state index contributed by atoms with van der Waals surface area (Å²) in [5.74, 6) is -2.38. The average Bonchev–Trinajstić information content (AvgIpc) is 3.44. The molecule has 3 aromatic rings. The van der Waals surface area contributed by atoms with Crippen LogP contribution < -0.4 is 19.7 Å². The van der Waals surface area contributed by atoms with Crippen molar-refractivity contribution in [1.82, 2.24) is 4.98 Å². The van der Waals surface area contributed by atoms with Gasteiger partial charge in [0.05, 0.1) is 24.8 Å². The Labute approximate surface area is 203 Å². The number of aromatic nitrogens is 1. The van der Waals surface area contributed by atoms with Crippen LogP contribution >= 0.6 is 0 Å². The number of rotatable bonds is 6. The van der Waals surface area contributed by atoms with E-state index in [0.29, 0.717) is 33.3 Å². The van der Waals surface area contributed by atoms with Gasteiger partial charge in [-0.25, -0.2) is 4.98 Å². The quantitative estimate of drug-likeness (QED) is 0.502. The van der Waals surface area contributed by atoms with Crippen LogP contribution in [0, 0.1) is 0 Å². The van der Waals surface area contributed by atoms with Gasteiger partial charge in [-0.2, -0.15) is 13.2 Å². The molecule has 0 saturated carbocycles. The normalized spacial score (nSPS) is 18.0. The Bertz CT molecular complexity index is 1320. The van der Waals surface area contributed by atoms with E-state index in [1.54, 1.807) is 42.6 Å². The SMILES string of the molecule is O=C(O)C[C@@H]1COc2cc(N(C(=O)C(F)(F)F)[C@@H]3COc4c(Nc5ccccn5)cccc43)ccc21. The highest BCUT2D eigenvalue weighted by Crippen LogP contribution is 2.46. The molecule has 0 aliphatic carbocycles. The number of pyridine rings is 1. The number of amides is 1. The number of aliphatic carboxylic acids is 1. The molecule has 2 N–H and O–H groups in total. The van der Waals surface area contributed by atoms with Gasteiger partial charge in [0.25, 0.3) is 0 Å².